The Labute approximate surface area is 435 Å². The van der Waals surface area contributed by atoms with Crippen LogP contribution in [0, 0.1) is 0 Å². The van der Waals surface area contributed by atoms with Gasteiger partial charge in [0.1, 0.15) is 23.6 Å². The zero-order valence-corrected chi connectivity index (χ0v) is 40.9. The molecule has 0 heterocycles. The molecule has 0 amide bonds. The molecule has 0 aromatic heterocycles. The molecule has 73 heavy (non-hydrogen) atoms. The van der Waals surface area contributed by atoms with Gasteiger partial charge < -0.3 is 10.2 Å². The van der Waals surface area contributed by atoms with Crippen molar-refractivity contribution in [3.8, 4) is 56.0 Å². The maximum absolute atomic E-state index is 12.8. The van der Waals surface area contributed by atoms with Gasteiger partial charge in [-0.2, -0.15) is 0 Å². The minimum absolute atomic E-state index is 0. The number of aliphatic imine (C=N–C) groups is 2. The molecular weight excluding hydrogens is 932 g/mol. The van der Waals surface area contributed by atoms with Crippen molar-refractivity contribution < 1.29 is 27.3 Å². The van der Waals surface area contributed by atoms with Crippen LogP contribution in [0.3, 0.4) is 0 Å². The Kier molecular flexibility index (Phi) is 13.0. The molecule has 1 radical (unpaired) electrons. The number of benzene rings is 12. The van der Waals surface area contributed by atoms with Crippen LogP contribution in [0.5, 0.6) is 11.5 Å². The van der Waals surface area contributed by atoms with E-state index in [1.54, 1.807) is 0 Å². The molecule has 0 aliphatic carbocycles. The Hall–Kier alpha value is -8.86. The maximum Gasteiger partial charge on any atom is 0.132 e. The molecule has 0 aliphatic rings. The number of aromatic hydroxyl groups is 2. The second kappa shape index (κ2) is 20.5. The number of phenols is 2. The second-order valence-corrected chi connectivity index (χ2v) is 18.2. The molecule has 5 heteroatoms. The summed E-state index contributed by atoms with van der Waals surface area (Å²) < 4.78 is 0. The molecule has 0 saturated heterocycles. The van der Waals surface area contributed by atoms with Crippen molar-refractivity contribution in [3.63, 3.8) is 0 Å². The summed E-state index contributed by atoms with van der Waals surface area (Å²) in [5.74, 6) is 0.295. The molecule has 0 bridgehead atoms. The van der Waals surface area contributed by atoms with Gasteiger partial charge in [-0.25, -0.2) is 0 Å². The third-order valence-corrected chi connectivity index (χ3v) is 14.0. The van der Waals surface area contributed by atoms with Gasteiger partial charge in [-0.3, -0.25) is 9.98 Å². The van der Waals surface area contributed by atoms with Crippen LogP contribution in [0.2, 0.25) is 0 Å². The fraction of sp³-hybridized carbons (Fsp3) is 0.0294. The SMILES string of the molecule is Oc1c(C=N[C@H](c2ccccc2)[C@H](N=Cc2cc3ccccc3c(-c3c(-c4ccccc4)ccc4ccccc34)c2O)c2ccccc2)cc2ccccc2c1-c1c(-c2ccccc2)ccc2ccccc12.[Mn]. The molecule has 4 nitrogen and oxygen atoms in total. The van der Waals surface area contributed by atoms with Crippen LogP contribution in [0.4, 0.5) is 0 Å². The Morgan fingerprint density at radius 1 is 0.301 bits per heavy atom. The van der Waals surface area contributed by atoms with E-state index in [-0.39, 0.29) is 28.6 Å². The van der Waals surface area contributed by atoms with Crippen molar-refractivity contribution >= 4 is 55.5 Å². The summed E-state index contributed by atoms with van der Waals surface area (Å²) in [5.41, 5.74) is 10.7. The van der Waals surface area contributed by atoms with Crippen LogP contribution >= 0.6 is 0 Å². The molecule has 2 atom stereocenters. The van der Waals surface area contributed by atoms with E-state index >= 15 is 0 Å². The largest absolute Gasteiger partial charge is 0.507 e. The molecule has 12 rings (SSSR count). The van der Waals surface area contributed by atoms with Crippen molar-refractivity contribution in [2.24, 2.45) is 9.98 Å². The summed E-state index contributed by atoms with van der Waals surface area (Å²) >= 11 is 0. The number of hydrogen-bond acceptors (Lipinski definition) is 4. The fourth-order valence-electron chi connectivity index (χ4n) is 10.5. The van der Waals surface area contributed by atoms with Crippen LogP contribution in [0.25, 0.3) is 87.6 Å². The summed E-state index contributed by atoms with van der Waals surface area (Å²) in [7, 11) is 0. The number of nitrogens with zero attached hydrogens (tertiary/aromatic N) is 2. The van der Waals surface area contributed by atoms with Crippen LogP contribution < -0.4 is 0 Å². The van der Waals surface area contributed by atoms with Gasteiger partial charge in [-0.1, -0.05) is 243 Å². The van der Waals surface area contributed by atoms with Gasteiger partial charge in [0.25, 0.3) is 0 Å². The smallest absolute Gasteiger partial charge is 0.132 e. The third-order valence-electron chi connectivity index (χ3n) is 14.0. The van der Waals surface area contributed by atoms with Gasteiger partial charge in [0.15, 0.2) is 0 Å². The van der Waals surface area contributed by atoms with Crippen molar-refractivity contribution in [2.45, 2.75) is 12.1 Å². The number of rotatable bonds is 11. The first-order valence-corrected chi connectivity index (χ1v) is 24.4. The average molecular weight is 980 g/mol. The summed E-state index contributed by atoms with van der Waals surface area (Å²) in [6, 6.07) is 86.1. The molecule has 349 valence electrons. The van der Waals surface area contributed by atoms with E-state index in [9.17, 15) is 10.2 Å². The monoisotopic (exact) mass is 979 g/mol. The topological polar surface area (TPSA) is 65.2 Å². The normalized spacial score (nSPS) is 12.4. The zero-order chi connectivity index (χ0) is 48.4. The minimum atomic E-state index is -0.540. The Morgan fingerprint density at radius 2 is 0.603 bits per heavy atom. The number of phenolic OH excluding ortho intramolecular Hbond substituents is 2. The van der Waals surface area contributed by atoms with Gasteiger partial charge >= 0.3 is 0 Å². The second-order valence-electron chi connectivity index (χ2n) is 18.2. The molecule has 2 N–H and O–H groups in total. The Bertz CT molecular complexity index is 3740. The van der Waals surface area contributed by atoms with Crippen LogP contribution in [-0.4, -0.2) is 22.6 Å². The van der Waals surface area contributed by atoms with Crippen molar-refractivity contribution in [2.75, 3.05) is 0 Å². The van der Waals surface area contributed by atoms with Crippen molar-refractivity contribution in [3.05, 3.63) is 277 Å². The van der Waals surface area contributed by atoms with Gasteiger partial charge in [0, 0.05) is 62.9 Å². The minimum Gasteiger partial charge on any atom is -0.507 e. The molecule has 0 aliphatic heterocycles. The van der Waals surface area contributed by atoms with E-state index in [1.807, 2.05) is 97.4 Å². The molecule has 0 fully saturated rings. The molecule has 12 aromatic carbocycles. The summed E-state index contributed by atoms with van der Waals surface area (Å²) in [4.78, 5) is 10.9. The van der Waals surface area contributed by atoms with Gasteiger partial charge in [0.05, 0.1) is 0 Å². The van der Waals surface area contributed by atoms with E-state index in [4.69, 9.17) is 9.98 Å². The predicted octanol–water partition coefficient (Wildman–Crippen LogP) is 17.4. The van der Waals surface area contributed by atoms with Crippen LogP contribution in [-0.2, 0) is 17.1 Å². The van der Waals surface area contributed by atoms with Gasteiger partial charge in [0.2, 0.25) is 0 Å². The first-order chi connectivity index (χ1) is 35.6. The summed E-state index contributed by atoms with van der Waals surface area (Å²) in [5, 5.41) is 33.7. The molecule has 0 saturated carbocycles. The third kappa shape index (κ3) is 8.87. The standard InChI is InChI=1S/C68H48N2O2.Mn/c71-67-53(41-51-31-15-19-35-57(51)63(67)61-55-33-17-13-25-47(55)37-39-59(61)45-21-5-1-6-22-45)43-69-65(49-27-9-3-10-28-49)66(50-29-11-4-12-30-50)70-44-54-42-52-32-16-20-36-58(52)64(68(54)72)62-56-34-18-14-26-48(56)38-40-60(62)46-23-7-2-8-24-46;/h1-44,65-66,71-72H;/t65-,66-;/m1./s1. The number of fused-ring (bicyclic) bond motifs is 4. The summed E-state index contributed by atoms with van der Waals surface area (Å²) in [6.07, 6.45) is 3.64. The van der Waals surface area contributed by atoms with Crippen molar-refractivity contribution in [1.29, 1.82) is 0 Å². The first kappa shape index (κ1) is 46.5. The molecule has 0 spiro atoms. The maximum atomic E-state index is 12.8. The average Bonchev–Trinajstić information content (AvgIpc) is 3.44. The van der Waals surface area contributed by atoms with Crippen LogP contribution in [0.15, 0.2) is 265 Å². The zero-order valence-electron chi connectivity index (χ0n) is 39.7. The fourth-order valence-corrected chi connectivity index (χ4v) is 10.5. The first-order valence-electron chi connectivity index (χ1n) is 24.4. The van der Waals surface area contributed by atoms with E-state index in [1.165, 1.54) is 0 Å². The van der Waals surface area contributed by atoms with E-state index in [0.717, 1.165) is 98.7 Å². The van der Waals surface area contributed by atoms with Crippen molar-refractivity contribution in [1.82, 2.24) is 0 Å². The van der Waals surface area contributed by atoms with Crippen LogP contribution in [0.1, 0.15) is 34.3 Å². The van der Waals surface area contributed by atoms with Gasteiger partial charge in [-0.15, -0.1) is 0 Å². The summed E-state index contributed by atoms with van der Waals surface area (Å²) in [6.45, 7) is 0. The molecule has 0 unspecified atom stereocenters. The van der Waals surface area contributed by atoms with E-state index < -0.39 is 12.1 Å². The Balaban J connectivity index is 0.00000574. The molecule has 12 aromatic rings. The van der Waals surface area contributed by atoms with E-state index in [2.05, 4.69) is 170 Å². The van der Waals surface area contributed by atoms with Gasteiger partial charge in [-0.05, 0) is 88.6 Å². The predicted molar refractivity (Wildman–Crippen MR) is 302 cm³/mol. The molecular formula is C68H48MnN2O2. The Morgan fingerprint density at radius 3 is 0.973 bits per heavy atom. The quantitative estimate of drug-likeness (QED) is 0.100. The number of hydrogen-bond donors (Lipinski definition) is 2. The van der Waals surface area contributed by atoms with E-state index in [0.29, 0.717) is 11.1 Å².